The number of nitrogens with zero attached hydrogens (tertiary/aromatic N) is 3. The van der Waals surface area contributed by atoms with Crippen LogP contribution in [0.25, 0.3) is 0 Å². The summed E-state index contributed by atoms with van der Waals surface area (Å²) in [6.45, 7) is 3.58. The van der Waals surface area contributed by atoms with Crippen LogP contribution in [0.5, 0.6) is 0 Å². The SMILES string of the molecule is Cc1ccc(C(C(=O)NCCCn2nccc2C2CC2)N(C)C)cc1. The summed E-state index contributed by atoms with van der Waals surface area (Å²) in [6, 6.07) is 10.0. The quantitative estimate of drug-likeness (QED) is 0.752. The lowest BCUT2D eigenvalue weighted by Gasteiger charge is -2.24. The molecule has 1 heterocycles. The van der Waals surface area contributed by atoms with Gasteiger partial charge >= 0.3 is 0 Å². The second-order valence-corrected chi connectivity index (χ2v) is 7.17. The molecule has 1 aromatic carbocycles. The fourth-order valence-electron chi connectivity index (χ4n) is 3.23. The minimum Gasteiger partial charge on any atom is -0.354 e. The Morgan fingerprint density at radius 2 is 2.00 bits per heavy atom. The topological polar surface area (TPSA) is 50.2 Å². The first-order chi connectivity index (χ1) is 12.1. The summed E-state index contributed by atoms with van der Waals surface area (Å²) in [5.74, 6) is 0.758. The fraction of sp³-hybridized carbons (Fsp3) is 0.500. The third-order valence-corrected chi connectivity index (χ3v) is 4.75. The smallest absolute Gasteiger partial charge is 0.241 e. The zero-order valence-corrected chi connectivity index (χ0v) is 15.4. The van der Waals surface area contributed by atoms with Crippen LogP contribution in [-0.2, 0) is 11.3 Å². The molecule has 1 N–H and O–H groups in total. The Morgan fingerprint density at radius 3 is 2.64 bits per heavy atom. The highest BCUT2D eigenvalue weighted by Crippen LogP contribution is 2.39. The first kappa shape index (κ1) is 17.7. The van der Waals surface area contributed by atoms with Crippen molar-refractivity contribution in [1.29, 1.82) is 0 Å². The molecule has 0 saturated heterocycles. The van der Waals surface area contributed by atoms with E-state index in [0.717, 1.165) is 18.5 Å². The predicted molar refractivity (Wildman–Crippen MR) is 99.4 cm³/mol. The Labute approximate surface area is 150 Å². The fourth-order valence-corrected chi connectivity index (χ4v) is 3.23. The molecule has 5 nitrogen and oxygen atoms in total. The van der Waals surface area contributed by atoms with Crippen LogP contribution in [0.1, 0.15) is 48.0 Å². The number of carbonyl (C=O) groups excluding carboxylic acids is 1. The number of aryl methyl sites for hydroxylation is 2. The van der Waals surface area contributed by atoms with Gasteiger partial charge in [0.2, 0.25) is 5.91 Å². The summed E-state index contributed by atoms with van der Waals surface area (Å²) >= 11 is 0. The number of nitrogens with one attached hydrogen (secondary N) is 1. The molecule has 0 aliphatic heterocycles. The molecule has 0 spiro atoms. The van der Waals surface area contributed by atoms with E-state index in [-0.39, 0.29) is 11.9 Å². The Bertz CT molecular complexity index is 701. The normalized spacial score (nSPS) is 15.4. The van der Waals surface area contributed by atoms with Gasteiger partial charge in [0, 0.05) is 30.9 Å². The molecule has 0 radical (unpaired) electrons. The number of carbonyl (C=O) groups is 1. The summed E-state index contributed by atoms with van der Waals surface area (Å²) < 4.78 is 2.09. The van der Waals surface area contributed by atoms with Crippen LogP contribution in [0, 0.1) is 6.92 Å². The van der Waals surface area contributed by atoms with Gasteiger partial charge in [-0.15, -0.1) is 0 Å². The van der Waals surface area contributed by atoms with E-state index in [0.29, 0.717) is 12.5 Å². The predicted octanol–water partition coefficient (Wildman–Crippen LogP) is 2.88. The van der Waals surface area contributed by atoms with Crippen molar-refractivity contribution in [2.24, 2.45) is 0 Å². The molecule has 1 saturated carbocycles. The molecule has 1 amide bonds. The molecule has 3 rings (SSSR count). The van der Waals surface area contributed by atoms with Crippen molar-refractivity contribution in [3.05, 3.63) is 53.3 Å². The van der Waals surface area contributed by atoms with Crippen LogP contribution >= 0.6 is 0 Å². The number of benzene rings is 1. The lowest BCUT2D eigenvalue weighted by atomic mass is 10.0. The van der Waals surface area contributed by atoms with E-state index in [1.165, 1.54) is 24.1 Å². The van der Waals surface area contributed by atoms with E-state index < -0.39 is 0 Å². The highest BCUT2D eigenvalue weighted by Gasteiger charge is 2.26. The van der Waals surface area contributed by atoms with Crippen LogP contribution in [0.4, 0.5) is 0 Å². The molecule has 1 aliphatic rings. The maximum atomic E-state index is 12.6. The summed E-state index contributed by atoms with van der Waals surface area (Å²) in [5, 5.41) is 7.49. The number of rotatable bonds is 8. The minimum atomic E-state index is -0.257. The zero-order chi connectivity index (χ0) is 17.8. The van der Waals surface area contributed by atoms with E-state index in [1.54, 1.807) is 0 Å². The van der Waals surface area contributed by atoms with Crippen molar-refractivity contribution >= 4 is 5.91 Å². The Morgan fingerprint density at radius 1 is 1.28 bits per heavy atom. The van der Waals surface area contributed by atoms with Gasteiger partial charge in [0.05, 0.1) is 0 Å². The average Bonchev–Trinajstić information content (AvgIpc) is 3.32. The van der Waals surface area contributed by atoms with E-state index in [2.05, 4.69) is 40.2 Å². The van der Waals surface area contributed by atoms with Gasteiger partial charge in [0.15, 0.2) is 0 Å². The third kappa shape index (κ3) is 4.48. The molecular formula is C20H28N4O. The first-order valence-electron chi connectivity index (χ1n) is 9.08. The minimum absolute atomic E-state index is 0.0525. The number of aromatic nitrogens is 2. The highest BCUT2D eigenvalue weighted by molar-refractivity contribution is 5.83. The summed E-state index contributed by atoms with van der Waals surface area (Å²) in [6.07, 6.45) is 5.33. The van der Waals surface area contributed by atoms with Crippen LogP contribution in [-0.4, -0.2) is 41.2 Å². The highest BCUT2D eigenvalue weighted by atomic mass is 16.2. The second kappa shape index (κ2) is 7.83. The Balaban J connectivity index is 1.51. The summed E-state index contributed by atoms with van der Waals surface area (Å²) in [5.41, 5.74) is 3.57. The molecule has 2 aromatic rings. The van der Waals surface area contributed by atoms with Crippen LogP contribution in [0.15, 0.2) is 36.5 Å². The molecule has 5 heteroatoms. The molecular weight excluding hydrogens is 312 g/mol. The van der Waals surface area contributed by atoms with Gasteiger partial charge in [0.1, 0.15) is 6.04 Å². The lowest BCUT2D eigenvalue weighted by Crippen LogP contribution is -2.37. The van der Waals surface area contributed by atoms with Gasteiger partial charge in [-0.3, -0.25) is 14.4 Å². The Kier molecular flexibility index (Phi) is 5.53. The molecule has 1 fully saturated rings. The maximum absolute atomic E-state index is 12.6. The number of hydrogen-bond acceptors (Lipinski definition) is 3. The van der Waals surface area contributed by atoms with Gasteiger partial charge in [-0.05, 0) is 51.9 Å². The third-order valence-electron chi connectivity index (χ3n) is 4.75. The lowest BCUT2D eigenvalue weighted by molar-refractivity contribution is -0.125. The Hall–Kier alpha value is -2.14. The molecule has 25 heavy (non-hydrogen) atoms. The van der Waals surface area contributed by atoms with Gasteiger partial charge in [-0.25, -0.2) is 0 Å². The van der Waals surface area contributed by atoms with Crippen molar-refractivity contribution in [2.45, 2.75) is 44.7 Å². The van der Waals surface area contributed by atoms with E-state index in [1.807, 2.05) is 37.3 Å². The van der Waals surface area contributed by atoms with Crippen molar-refractivity contribution in [2.75, 3.05) is 20.6 Å². The first-order valence-corrected chi connectivity index (χ1v) is 9.08. The van der Waals surface area contributed by atoms with Crippen molar-refractivity contribution in [1.82, 2.24) is 20.0 Å². The van der Waals surface area contributed by atoms with Crippen LogP contribution in [0.2, 0.25) is 0 Å². The van der Waals surface area contributed by atoms with Crippen molar-refractivity contribution in [3.8, 4) is 0 Å². The largest absolute Gasteiger partial charge is 0.354 e. The monoisotopic (exact) mass is 340 g/mol. The summed E-state index contributed by atoms with van der Waals surface area (Å²) in [7, 11) is 3.88. The zero-order valence-electron chi connectivity index (χ0n) is 15.4. The summed E-state index contributed by atoms with van der Waals surface area (Å²) in [4.78, 5) is 14.6. The molecule has 134 valence electrons. The molecule has 0 bridgehead atoms. The van der Waals surface area contributed by atoms with Gasteiger partial charge in [-0.1, -0.05) is 29.8 Å². The number of amides is 1. The number of hydrogen-bond donors (Lipinski definition) is 1. The molecule has 1 unspecified atom stereocenters. The standard InChI is InChI=1S/C20H28N4O/c1-15-5-7-17(8-6-15)19(23(2)3)20(25)21-12-4-14-24-18(11-13-22-24)16-9-10-16/h5-8,11,13,16,19H,4,9-10,12,14H2,1-3H3,(H,21,25). The second-order valence-electron chi connectivity index (χ2n) is 7.17. The van der Waals surface area contributed by atoms with Crippen LogP contribution < -0.4 is 5.32 Å². The van der Waals surface area contributed by atoms with E-state index in [9.17, 15) is 4.79 Å². The molecule has 1 aromatic heterocycles. The average molecular weight is 340 g/mol. The van der Waals surface area contributed by atoms with Crippen LogP contribution in [0.3, 0.4) is 0 Å². The van der Waals surface area contributed by atoms with E-state index >= 15 is 0 Å². The van der Waals surface area contributed by atoms with Crippen molar-refractivity contribution < 1.29 is 4.79 Å². The van der Waals surface area contributed by atoms with Gasteiger partial charge in [0.25, 0.3) is 0 Å². The molecule has 1 atom stereocenters. The number of likely N-dealkylation sites (N-methyl/N-ethyl adjacent to an activating group) is 1. The maximum Gasteiger partial charge on any atom is 0.241 e. The van der Waals surface area contributed by atoms with Gasteiger partial charge in [-0.2, -0.15) is 5.10 Å². The van der Waals surface area contributed by atoms with Crippen molar-refractivity contribution in [3.63, 3.8) is 0 Å². The van der Waals surface area contributed by atoms with Gasteiger partial charge < -0.3 is 5.32 Å². The van der Waals surface area contributed by atoms with E-state index in [4.69, 9.17) is 0 Å². The molecule has 1 aliphatic carbocycles.